The van der Waals surface area contributed by atoms with Gasteiger partial charge in [0, 0.05) is 22.2 Å². The van der Waals surface area contributed by atoms with Crippen LogP contribution >= 0.6 is 34.2 Å². The third kappa shape index (κ3) is 3.34. The van der Waals surface area contributed by atoms with Crippen molar-refractivity contribution >= 4 is 45.8 Å². The predicted molar refractivity (Wildman–Crippen MR) is 80.0 cm³/mol. The smallest absolute Gasteiger partial charge is 0.241 e. The molecule has 1 aliphatic rings. The highest BCUT2D eigenvalue weighted by molar-refractivity contribution is 14.1. The zero-order chi connectivity index (χ0) is 13.1. The van der Waals surface area contributed by atoms with E-state index in [1.54, 1.807) is 13.2 Å². The Labute approximate surface area is 125 Å². The van der Waals surface area contributed by atoms with Crippen molar-refractivity contribution in [3.63, 3.8) is 0 Å². The lowest BCUT2D eigenvalue weighted by Gasteiger charge is -2.12. The van der Waals surface area contributed by atoms with E-state index in [4.69, 9.17) is 16.3 Å². The van der Waals surface area contributed by atoms with E-state index in [0.717, 1.165) is 9.26 Å². The number of methoxy groups -OCH3 is 1. The Kier molecular flexibility index (Phi) is 4.83. The Bertz CT molecular complexity index is 456. The molecule has 1 aromatic carbocycles. The van der Waals surface area contributed by atoms with Crippen LogP contribution in [0.15, 0.2) is 18.2 Å². The fraction of sp³-hybridized carbons (Fsp3) is 0.417. The number of benzene rings is 1. The number of halogens is 2. The van der Waals surface area contributed by atoms with Gasteiger partial charge in [-0.3, -0.25) is 4.79 Å². The molecule has 1 aliphatic heterocycles. The molecule has 6 heteroatoms. The van der Waals surface area contributed by atoms with Gasteiger partial charge in [0.15, 0.2) is 0 Å². The van der Waals surface area contributed by atoms with E-state index >= 15 is 0 Å². The zero-order valence-corrected chi connectivity index (χ0v) is 12.8. The fourth-order valence-corrected chi connectivity index (χ4v) is 2.90. The van der Waals surface area contributed by atoms with Crippen LogP contribution in [0, 0.1) is 3.57 Å². The van der Waals surface area contributed by atoms with Gasteiger partial charge in [-0.05, 0) is 47.2 Å². The minimum absolute atomic E-state index is 0.0326. The van der Waals surface area contributed by atoms with Crippen LogP contribution < -0.4 is 10.6 Å². The van der Waals surface area contributed by atoms with E-state index in [-0.39, 0.29) is 18.1 Å². The maximum atomic E-state index is 12.0. The van der Waals surface area contributed by atoms with E-state index in [1.165, 1.54) is 0 Å². The Balaban J connectivity index is 1.99. The Morgan fingerprint density at radius 1 is 1.61 bits per heavy atom. The highest BCUT2D eigenvalue weighted by Crippen LogP contribution is 2.23. The maximum absolute atomic E-state index is 12.0. The van der Waals surface area contributed by atoms with Crippen molar-refractivity contribution in [3.05, 3.63) is 26.8 Å². The largest absolute Gasteiger partial charge is 0.380 e. The summed E-state index contributed by atoms with van der Waals surface area (Å²) in [5.41, 5.74) is 0.785. The summed E-state index contributed by atoms with van der Waals surface area (Å²) in [6, 6.07) is 5.20. The van der Waals surface area contributed by atoms with Gasteiger partial charge >= 0.3 is 0 Å². The summed E-state index contributed by atoms with van der Waals surface area (Å²) in [5.74, 6) is -0.0326. The van der Waals surface area contributed by atoms with Gasteiger partial charge in [-0.25, -0.2) is 0 Å². The number of rotatable bonds is 3. The molecule has 0 aliphatic carbocycles. The van der Waals surface area contributed by atoms with Crippen LogP contribution in [0.25, 0.3) is 0 Å². The second-order valence-corrected chi connectivity index (χ2v) is 5.77. The molecule has 1 aromatic rings. The van der Waals surface area contributed by atoms with Crippen LogP contribution in [0.1, 0.15) is 6.42 Å². The molecule has 0 radical (unpaired) electrons. The van der Waals surface area contributed by atoms with Crippen LogP contribution in [-0.2, 0) is 9.53 Å². The van der Waals surface area contributed by atoms with Crippen molar-refractivity contribution in [2.45, 2.75) is 18.6 Å². The third-order valence-corrected chi connectivity index (χ3v) is 4.06. The number of carbonyl (C=O) groups is 1. The maximum Gasteiger partial charge on any atom is 0.241 e. The normalized spacial score (nSPS) is 23.1. The first kappa shape index (κ1) is 14.0. The first-order chi connectivity index (χ1) is 8.60. The summed E-state index contributed by atoms with van der Waals surface area (Å²) in [6.45, 7) is 0.715. The van der Waals surface area contributed by atoms with E-state index in [1.807, 2.05) is 12.1 Å². The average molecular weight is 381 g/mol. The fourth-order valence-electron chi connectivity index (χ4n) is 1.89. The molecule has 0 aromatic heterocycles. The summed E-state index contributed by atoms with van der Waals surface area (Å²) in [6.07, 6.45) is 0.817. The molecule has 2 unspecified atom stereocenters. The number of carbonyl (C=O) groups excluding carboxylic acids is 1. The molecule has 1 fully saturated rings. The van der Waals surface area contributed by atoms with Crippen molar-refractivity contribution in [1.29, 1.82) is 0 Å². The summed E-state index contributed by atoms with van der Waals surface area (Å²) in [4.78, 5) is 12.0. The van der Waals surface area contributed by atoms with Gasteiger partial charge in [-0.2, -0.15) is 0 Å². The van der Waals surface area contributed by atoms with E-state index in [0.29, 0.717) is 18.0 Å². The standard InChI is InChI=1S/C12H14ClIN2O2/c1-18-8-5-11(15-6-8)12(17)16-10-3-2-7(13)4-9(10)14/h2-4,8,11,15H,5-6H2,1H3,(H,16,17). The molecule has 98 valence electrons. The summed E-state index contributed by atoms with van der Waals surface area (Å²) in [7, 11) is 1.66. The molecule has 0 spiro atoms. The summed E-state index contributed by atoms with van der Waals surface area (Å²) < 4.78 is 6.15. The van der Waals surface area contributed by atoms with Gasteiger partial charge in [0.25, 0.3) is 0 Å². The monoisotopic (exact) mass is 380 g/mol. The molecule has 0 bridgehead atoms. The van der Waals surface area contributed by atoms with Gasteiger partial charge < -0.3 is 15.4 Å². The lowest BCUT2D eigenvalue weighted by Crippen LogP contribution is -2.35. The number of amides is 1. The minimum atomic E-state index is -0.193. The number of anilines is 1. The first-order valence-corrected chi connectivity index (χ1v) is 7.08. The predicted octanol–water partition coefficient (Wildman–Crippen LogP) is 2.26. The Morgan fingerprint density at radius 2 is 2.39 bits per heavy atom. The lowest BCUT2D eigenvalue weighted by atomic mass is 10.2. The molecule has 18 heavy (non-hydrogen) atoms. The quantitative estimate of drug-likeness (QED) is 0.791. The van der Waals surface area contributed by atoms with Gasteiger partial charge in [-0.1, -0.05) is 11.6 Å². The summed E-state index contributed by atoms with van der Waals surface area (Å²) >= 11 is 8.02. The van der Waals surface area contributed by atoms with Crippen molar-refractivity contribution < 1.29 is 9.53 Å². The van der Waals surface area contributed by atoms with Gasteiger partial charge in [-0.15, -0.1) is 0 Å². The van der Waals surface area contributed by atoms with Crippen LogP contribution in [0.4, 0.5) is 5.69 Å². The number of nitrogens with one attached hydrogen (secondary N) is 2. The molecular formula is C12H14ClIN2O2. The van der Waals surface area contributed by atoms with Gasteiger partial charge in [0.1, 0.15) is 0 Å². The van der Waals surface area contributed by atoms with E-state index in [2.05, 4.69) is 33.2 Å². The Hall–Kier alpha value is -0.370. The lowest BCUT2D eigenvalue weighted by molar-refractivity contribution is -0.118. The molecule has 1 amide bonds. The van der Waals surface area contributed by atoms with E-state index < -0.39 is 0 Å². The SMILES string of the molecule is COC1CNC(C(=O)Nc2ccc(Cl)cc2I)C1. The average Bonchev–Trinajstić information content (AvgIpc) is 2.81. The molecule has 0 saturated carbocycles. The van der Waals surface area contributed by atoms with Crippen LogP contribution in [0.5, 0.6) is 0 Å². The number of ether oxygens (including phenoxy) is 1. The molecule has 4 nitrogen and oxygen atoms in total. The highest BCUT2D eigenvalue weighted by atomic mass is 127. The van der Waals surface area contributed by atoms with Crippen molar-refractivity contribution in [3.8, 4) is 0 Å². The molecule has 2 N–H and O–H groups in total. The van der Waals surface area contributed by atoms with Crippen LogP contribution in [0.3, 0.4) is 0 Å². The van der Waals surface area contributed by atoms with Crippen molar-refractivity contribution in [1.82, 2.24) is 5.32 Å². The topological polar surface area (TPSA) is 50.4 Å². The molecular weight excluding hydrogens is 367 g/mol. The molecule has 2 atom stereocenters. The number of hydrogen-bond acceptors (Lipinski definition) is 3. The van der Waals surface area contributed by atoms with Crippen LogP contribution in [-0.4, -0.2) is 31.7 Å². The molecule has 1 saturated heterocycles. The van der Waals surface area contributed by atoms with Crippen molar-refractivity contribution in [2.24, 2.45) is 0 Å². The third-order valence-electron chi connectivity index (χ3n) is 2.93. The zero-order valence-electron chi connectivity index (χ0n) is 9.87. The Morgan fingerprint density at radius 3 is 3.00 bits per heavy atom. The number of hydrogen-bond donors (Lipinski definition) is 2. The highest BCUT2D eigenvalue weighted by Gasteiger charge is 2.29. The first-order valence-electron chi connectivity index (χ1n) is 5.62. The minimum Gasteiger partial charge on any atom is -0.380 e. The van der Waals surface area contributed by atoms with Gasteiger partial charge in [0.05, 0.1) is 17.8 Å². The molecule has 2 rings (SSSR count). The van der Waals surface area contributed by atoms with E-state index in [9.17, 15) is 4.79 Å². The van der Waals surface area contributed by atoms with Crippen molar-refractivity contribution in [2.75, 3.05) is 19.0 Å². The second-order valence-electron chi connectivity index (χ2n) is 4.17. The summed E-state index contributed by atoms with van der Waals surface area (Å²) in [5, 5.41) is 6.71. The van der Waals surface area contributed by atoms with Gasteiger partial charge in [0.2, 0.25) is 5.91 Å². The molecule has 1 heterocycles. The second kappa shape index (κ2) is 6.18. The van der Waals surface area contributed by atoms with Crippen LogP contribution in [0.2, 0.25) is 5.02 Å².